The summed E-state index contributed by atoms with van der Waals surface area (Å²) in [6.45, 7) is 3.84. The van der Waals surface area contributed by atoms with Crippen LogP contribution < -0.4 is 10.1 Å². The van der Waals surface area contributed by atoms with Gasteiger partial charge in [-0.25, -0.2) is 0 Å². The zero-order valence-corrected chi connectivity index (χ0v) is 16.1. The summed E-state index contributed by atoms with van der Waals surface area (Å²) in [4.78, 5) is 14.1. The number of hydrogen-bond acceptors (Lipinski definition) is 5. The summed E-state index contributed by atoms with van der Waals surface area (Å²) in [6, 6.07) is 12.1. The molecule has 8 heteroatoms. The molecule has 0 aliphatic rings. The summed E-state index contributed by atoms with van der Waals surface area (Å²) in [5.74, 6) is 0.796. The summed E-state index contributed by atoms with van der Waals surface area (Å²) in [7, 11) is 1.56. The van der Waals surface area contributed by atoms with Crippen molar-refractivity contribution in [1.29, 1.82) is 0 Å². The maximum absolute atomic E-state index is 12.8. The Morgan fingerprint density at radius 1 is 1.26 bits per heavy atom. The number of rotatable bonds is 6. The van der Waals surface area contributed by atoms with Gasteiger partial charge in [0.15, 0.2) is 6.04 Å². The lowest BCUT2D eigenvalue weighted by molar-refractivity contribution is -0.120. The fourth-order valence-electron chi connectivity index (χ4n) is 2.66. The van der Waals surface area contributed by atoms with Gasteiger partial charge in [-0.05, 0) is 60.5 Å². The van der Waals surface area contributed by atoms with E-state index in [4.69, 9.17) is 16.3 Å². The highest BCUT2D eigenvalue weighted by molar-refractivity contribution is 6.30. The lowest BCUT2D eigenvalue weighted by atomic mass is 10.1. The summed E-state index contributed by atoms with van der Waals surface area (Å²) < 4.78 is 5.32. The highest BCUT2D eigenvalue weighted by Gasteiger charge is 2.23. The number of carbonyl (C=O) groups excluding carboxylic acids is 1. The molecule has 3 aromatic rings. The summed E-state index contributed by atoms with van der Waals surface area (Å²) in [5, 5.41) is 16.0. The Morgan fingerprint density at radius 2 is 2.00 bits per heavy atom. The Hall–Kier alpha value is -2.93. The van der Waals surface area contributed by atoms with Crippen LogP contribution in [-0.2, 0) is 4.79 Å². The largest absolute Gasteiger partial charge is 0.495 e. The number of methoxy groups -OCH3 is 1. The number of hydrogen-bond donors (Lipinski definition) is 1. The smallest absolute Gasteiger partial charge is 0.251 e. The lowest BCUT2D eigenvalue weighted by Gasteiger charge is -2.15. The molecule has 27 heavy (non-hydrogen) atoms. The Bertz CT molecular complexity index is 940. The van der Waals surface area contributed by atoms with E-state index in [1.54, 1.807) is 19.2 Å². The zero-order valence-electron chi connectivity index (χ0n) is 15.3. The molecular formula is C19H20ClN5O2. The molecule has 1 atom stereocenters. The highest BCUT2D eigenvalue weighted by atomic mass is 35.5. The summed E-state index contributed by atoms with van der Waals surface area (Å²) >= 11 is 5.91. The predicted molar refractivity (Wildman–Crippen MR) is 104 cm³/mol. The number of ether oxygens (including phenoxy) is 1. The molecule has 0 fully saturated rings. The number of nitrogens with zero attached hydrogens (tertiary/aromatic N) is 4. The van der Waals surface area contributed by atoms with Gasteiger partial charge in [-0.1, -0.05) is 24.6 Å². The molecule has 0 unspecified atom stereocenters. The second-order valence-corrected chi connectivity index (χ2v) is 6.49. The molecule has 1 N–H and O–H groups in total. The van der Waals surface area contributed by atoms with Crippen molar-refractivity contribution in [1.82, 2.24) is 20.2 Å². The second-order valence-electron chi connectivity index (χ2n) is 6.06. The van der Waals surface area contributed by atoms with Gasteiger partial charge >= 0.3 is 0 Å². The highest BCUT2D eigenvalue weighted by Crippen LogP contribution is 2.26. The third kappa shape index (κ3) is 4.25. The van der Waals surface area contributed by atoms with Crippen molar-refractivity contribution < 1.29 is 9.53 Å². The molecule has 1 amide bonds. The Morgan fingerprint density at radius 3 is 2.67 bits per heavy atom. The first kappa shape index (κ1) is 18.8. The third-order valence-corrected chi connectivity index (χ3v) is 4.36. The summed E-state index contributed by atoms with van der Waals surface area (Å²) in [6.07, 6.45) is 0.510. The molecule has 2 aromatic carbocycles. The normalized spacial score (nSPS) is 11.9. The van der Waals surface area contributed by atoms with Crippen LogP contribution in [0, 0.1) is 6.92 Å². The SMILES string of the molecule is CC[C@@H](C(=O)Nc1cc(C)ccc1OC)n1nnc(-c2ccc(Cl)cc2)n1. The quantitative estimate of drug-likeness (QED) is 0.695. The average Bonchev–Trinajstić information content (AvgIpc) is 3.13. The number of nitrogens with one attached hydrogen (secondary N) is 1. The zero-order chi connectivity index (χ0) is 19.4. The minimum Gasteiger partial charge on any atom is -0.495 e. The van der Waals surface area contributed by atoms with E-state index in [9.17, 15) is 4.79 Å². The number of halogens is 1. The van der Waals surface area contributed by atoms with Crippen LogP contribution >= 0.6 is 11.6 Å². The number of aromatic nitrogens is 4. The second kappa shape index (κ2) is 8.18. The van der Waals surface area contributed by atoms with E-state index in [2.05, 4.69) is 20.7 Å². The van der Waals surface area contributed by atoms with E-state index >= 15 is 0 Å². The number of tetrazole rings is 1. The van der Waals surface area contributed by atoms with Crippen molar-refractivity contribution in [2.24, 2.45) is 0 Å². The molecule has 0 bridgehead atoms. The first-order valence-electron chi connectivity index (χ1n) is 8.52. The van der Waals surface area contributed by atoms with Crippen LogP contribution in [0.2, 0.25) is 5.02 Å². The molecular weight excluding hydrogens is 366 g/mol. The first-order chi connectivity index (χ1) is 13.0. The van der Waals surface area contributed by atoms with Crippen LogP contribution in [0.5, 0.6) is 5.75 Å². The molecule has 0 saturated carbocycles. The van der Waals surface area contributed by atoms with Gasteiger partial charge in [0.05, 0.1) is 12.8 Å². The van der Waals surface area contributed by atoms with Crippen LogP contribution in [0.3, 0.4) is 0 Å². The van der Waals surface area contributed by atoms with E-state index in [1.807, 2.05) is 44.2 Å². The number of anilines is 1. The Labute approximate surface area is 162 Å². The lowest BCUT2D eigenvalue weighted by Crippen LogP contribution is -2.27. The van der Waals surface area contributed by atoms with Crippen molar-refractivity contribution in [3.63, 3.8) is 0 Å². The Balaban J connectivity index is 1.82. The van der Waals surface area contributed by atoms with Gasteiger partial charge in [-0.15, -0.1) is 10.2 Å². The minimum atomic E-state index is -0.594. The van der Waals surface area contributed by atoms with Crippen LogP contribution in [0.25, 0.3) is 11.4 Å². The van der Waals surface area contributed by atoms with Crippen molar-refractivity contribution in [3.8, 4) is 17.1 Å². The van der Waals surface area contributed by atoms with Gasteiger partial charge < -0.3 is 10.1 Å². The van der Waals surface area contributed by atoms with E-state index in [1.165, 1.54) is 4.80 Å². The van der Waals surface area contributed by atoms with Crippen LogP contribution in [0.15, 0.2) is 42.5 Å². The van der Waals surface area contributed by atoms with E-state index in [-0.39, 0.29) is 5.91 Å². The molecule has 3 rings (SSSR count). The van der Waals surface area contributed by atoms with E-state index < -0.39 is 6.04 Å². The molecule has 0 spiro atoms. The fraction of sp³-hybridized carbons (Fsp3) is 0.263. The molecule has 0 aliphatic heterocycles. The maximum Gasteiger partial charge on any atom is 0.251 e. The monoisotopic (exact) mass is 385 g/mol. The van der Waals surface area contributed by atoms with Gasteiger partial charge in [0.25, 0.3) is 5.91 Å². The predicted octanol–water partition coefficient (Wildman–Crippen LogP) is 3.90. The van der Waals surface area contributed by atoms with Gasteiger partial charge in [-0.3, -0.25) is 4.79 Å². The van der Waals surface area contributed by atoms with Gasteiger partial charge in [0.1, 0.15) is 5.75 Å². The first-order valence-corrected chi connectivity index (χ1v) is 8.90. The molecule has 1 heterocycles. The van der Waals surface area contributed by atoms with Crippen molar-refractivity contribution in [3.05, 3.63) is 53.1 Å². The molecule has 0 saturated heterocycles. The van der Waals surface area contributed by atoms with E-state index in [0.29, 0.717) is 28.7 Å². The molecule has 1 aromatic heterocycles. The molecule has 7 nitrogen and oxygen atoms in total. The molecule has 0 aliphatic carbocycles. The third-order valence-electron chi connectivity index (χ3n) is 4.11. The van der Waals surface area contributed by atoms with Crippen LogP contribution in [0.4, 0.5) is 5.69 Å². The van der Waals surface area contributed by atoms with Crippen LogP contribution in [0.1, 0.15) is 24.9 Å². The van der Waals surface area contributed by atoms with Gasteiger partial charge in [0, 0.05) is 10.6 Å². The number of aryl methyl sites for hydroxylation is 1. The van der Waals surface area contributed by atoms with Crippen molar-refractivity contribution in [2.75, 3.05) is 12.4 Å². The van der Waals surface area contributed by atoms with Crippen molar-refractivity contribution >= 4 is 23.2 Å². The topological polar surface area (TPSA) is 81.9 Å². The minimum absolute atomic E-state index is 0.235. The van der Waals surface area contributed by atoms with Crippen LogP contribution in [-0.4, -0.2) is 33.2 Å². The summed E-state index contributed by atoms with van der Waals surface area (Å²) in [5.41, 5.74) is 2.41. The molecule has 0 radical (unpaired) electrons. The molecule has 140 valence electrons. The maximum atomic E-state index is 12.8. The Kier molecular flexibility index (Phi) is 5.71. The number of amides is 1. The fourth-order valence-corrected chi connectivity index (χ4v) is 2.79. The van der Waals surface area contributed by atoms with Gasteiger partial charge in [-0.2, -0.15) is 4.80 Å². The number of benzene rings is 2. The standard InChI is InChI=1S/C19H20ClN5O2/c1-4-16(19(26)21-15-11-12(2)5-10-17(15)27-3)25-23-18(22-24-25)13-6-8-14(20)9-7-13/h5-11,16H,4H2,1-3H3,(H,21,26)/t16-/m0/s1. The van der Waals surface area contributed by atoms with Crippen molar-refractivity contribution in [2.45, 2.75) is 26.3 Å². The average molecular weight is 386 g/mol. The van der Waals surface area contributed by atoms with E-state index in [0.717, 1.165) is 11.1 Å². The van der Waals surface area contributed by atoms with Gasteiger partial charge in [0.2, 0.25) is 5.82 Å². The number of carbonyl (C=O) groups is 1.